The minimum absolute atomic E-state index is 0.0228. The van der Waals surface area contributed by atoms with E-state index in [-0.39, 0.29) is 16.8 Å². The predicted molar refractivity (Wildman–Crippen MR) is 75.4 cm³/mol. The summed E-state index contributed by atoms with van der Waals surface area (Å²) in [6.45, 7) is 2.60. The fourth-order valence-electron chi connectivity index (χ4n) is 1.56. The Balaban J connectivity index is 2.31. The van der Waals surface area contributed by atoms with Gasteiger partial charge in [0.25, 0.3) is 0 Å². The first-order valence-electron chi connectivity index (χ1n) is 6.19. The molecule has 8 heteroatoms. The third kappa shape index (κ3) is 3.75. The predicted octanol–water partition coefficient (Wildman–Crippen LogP) is 4.11. The largest absolute Gasteiger partial charge is 0.354 e. The maximum Gasteiger partial charge on any atom is 0.224 e. The lowest BCUT2D eigenvalue weighted by Gasteiger charge is -2.11. The van der Waals surface area contributed by atoms with Gasteiger partial charge in [0, 0.05) is 18.7 Å². The van der Waals surface area contributed by atoms with Crippen LogP contribution in [0.15, 0.2) is 18.3 Å². The molecule has 0 radical (unpaired) electrons. The first kappa shape index (κ1) is 15.4. The molecule has 1 heterocycles. The van der Waals surface area contributed by atoms with Crippen molar-refractivity contribution in [2.75, 3.05) is 17.2 Å². The summed E-state index contributed by atoms with van der Waals surface area (Å²) in [4.78, 5) is 7.95. The van der Waals surface area contributed by atoms with E-state index in [1.807, 2.05) is 6.92 Å². The maximum atomic E-state index is 13.6. The van der Waals surface area contributed by atoms with E-state index in [1.165, 1.54) is 6.20 Å². The number of rotatable bonds is 5. The van der Waals surface area contributed by atoms with Crippen LogP contribution in [-0.2, 0) is 0 Å². The normalized spacial score (nSPS) is 10.5. The zero-order valence-electron chi connectivity index (χ0n) is 11.1. The molecule has 1 aromatic carbocycles. The molecule has 0 fully saturated rings. The van der Waals surface area contributed by atoms with E-state index in [9.17, 15) is 13.2 Å². The lowest BCUT2D eigenvalue weighted by molar-refractivity contribution is 0.549. The summed E-state index contributed by atoms with van der Waals surface area (Å²) >= 11 is 5.88. The number of nitrogens with zero attached hydrogens (tertiary/aromatic N) is 2. The average molecular weight is 317 g/mol. The highest BCUT2D eigenvalue weighted by molar-refractivity contribution is 6.32. The van der Waals surface area contributed by atoms with Crippen molar-refractivity contribution in [1.29, 1.82) is 0 Å². The molecule has 0 saturated heterocycles. The van der Waals surface area contributed by atoms with Crippen molar-refractivity contribution in [3.8, 4) is 0 Å². The molecule has 2 aromatic rings. The molecule has 0 bridgehead atoms. The highest BCUT2D eigenvalue weighted by Gasteiger charge is 2.14. The smallest absolute Gasteiger partial charge is 0.224 e. The summed E-state index contributed by atoms with van der Waals surface area (Å²) in [5.41, 5.74) is -0.529. The third-order valence-corrected chi connectivity index (χ3v) is 2.80. The molecule has 2 N–H and O–H groups in total. The number of anilines is 3. The highest BCUT2D eigenvalue weighted by atomic mass is 35.5. The quantitative estimate of drug-likeness (QED) is 0.871. The molecule has 0 atom stereocenters. The Hall–Kier alpha value is -2.02. The van der Waals surface area contributed by atoms with Crippen molar-refractivity contribution in [2.45, 2.75) is 13.3 Å². The molecule has 4 nitrogen and oxygen atoms in total. The molecule has 1 aromatic heterocycles. The van der Waals surface area contributed by atoms with E-state index in [1.54, 1.807) is 0 Å². The molecule has 0 saturated carbocycles. The lowest BCUT2D eigenvalue weighted by Crippen LogP contribution is -2.07. The highest BCUT2D eigenvalue weighted by Crippen LogP contribution is 2.27. The van der Waals surface area contributed by atoms with E-state index < -0.39 is 23.1 Å². The minimum atomic E-state index is -1.08. The number of aromatic nitrogens is 2. The SMILES string of the molecule is CCCNc1ncc(Cl)c(Nc2c(F)cc(F)cc2F)n1. The van der Waals surface area contributed by atoms with Crippen LogP contribution in [0.5, 0.6) is 0 Å². The Labute approximate surface area is 124 Å². The molecule has 0 unspecified atom stereocenters. The monoisotopic (exact) mass is 316 g/mol. The van der Waals surface area contributed by atoms with Gasteiger partial charge in [0.2, 0.25) is 5.95 Å². The fraction of sp³-hybridized carbons (Fsp3) is 0.231. The average Bonchev–Trinajstić information content (AvgIpc) is 2.43. The lowest BCUT2D eigenvalue weighted by atomic mass is 10.2. The molecule has 0 aliphatic heterocycles. The van der Waals surface area contributed by atoms with Crippen molar-refractivity contribution < 1.29 is 13.2 Å². The first-order chi connectivity index (χ1) is 10.0. The second kappa shape index (κ2) is 6.62. The van der Waals surface area contributed by atoms with Gasteiger partial charge in [-0.2, -0.15) is 4.98 Å². The van der Waals surface area contributed by atoms with Crippen molar-refractivity contribution >= 4 is 29.1 Å². The van der Waals surface area contributed by atoms with Gasteiger partial charge < -0.3 is 10.6 Å². The van der Waals surface area contributed by atoms with Gasteiger partial charge >= 0.3 is 0 Å². The van der Waals surface area contributed by atoms with Crippen LogP contribution < -0.4 is 10.6 Å². The van der Waals surface area contributed by atoms with Crippen molar-refractivity contribution in [3.63, 3.8) is 0 Å². The van der Waals surface area contributed by atoms with Gasteiger partial charge in [-0.3, -0.25) is 0 Å². The van der Waals surface area contributed by atoms with Gasteiger partial charge in [-0.25, -0.2) is 18.2 Å². The Kier molecular flexibility index (Phi) is 4.85. The van der Waals surface area contributed by atoms with Gasteiger partial charge in [0.1, 0.15) is 16.5 Å². The second-order valence-electron chi connectivity index (χ2n) is 4.19. The Morgan fingerprint density at radius 3 is 2.48 bits per heavy atom. The van der Waals surface area contributed by atoms with Gasteiger partial charge in [0.15, 0.2) is 17.5 Å². The third-order valence-electron chi connectivity index (χ3n) is 2.53. The van der Waals surface area contributed by atoms with Crippen LogP contribution >= 0.6 is 11.6 Å². The molecular weight excluding hydrogens is 305 g/mol. The van der Waals surface area contributed by atoms with Crippen LogP contribution in [0.1, 0.15) is 13.3 Å². The summed E-state index contributed by atoms with van der Waals surface area (Å²) in [5, 5.41) is 5.41. The molecule has 112 valence electrons. The molecule has 0 aliphatic carbocycles. The Bertz CT molecular complexity index is 628. The minimum Gasteiger partial charge on any atom is -0.354 e. The van der Waals surface area contributed by atoms with Gasteiger partial charge in [0.05, 0.1) is 6.20 Å². The molecule has 21 heavy (non-hydrogen) atoms. The molecular formula is C13H12ClF3N4. The standard InChI is InChI=1S/C13H12ClF3N4/c1-2-3-18-13-19-6-8(14)12(21-13)20-11-9(16)4-7(15)5-10(11)17/h4-6H,2-3H2,1H3,(H2,18,19,20,21). The summed E-state index contributed by atoms with van der Waals surface area (Å²) in [5.74, 6) is -2.87. The molecule has 0 spiro atoms. The fourth-order valence-corrected chi connectivity index (χ4v) is 1.70. The van der Waals surface area contributed by atoms with E-state index in [0.29, 0.717) is 18.7 Å². The number of nitrogens with one attached hydrogen (secondary N) is 2. The van der Waals surface area contributed by atoms with Crippen molar-refractivity contribution in [3.05, 3.63) is 40.8 Å². The molecule has 0 aliphatic rings. The van der Waals surface area contributed by atoms with Crippen LogP contribution in [0, 0.1) is 17.5 Å². The summed E-state index contributed by atoms with van der Waals surface area (Å²) in [6, 6.07) is 1.13. The Morgan fingerprint density at radius 1 is 1.19 bits per heavy atom. The van der Waals surface area contributed by atoms with Crippen LogP contribution in [0.3, 0.4) is 0 Å². The van der Waals surface area contributed by atoms with Crippen LogP contribution in [0.2, 0.25) is 5.02 Å². The summed E-state index contributed by atoms with van der Waals surface area (Å²) < 4.78 is 40.0. The zero-order valence-corrected chi connectivity index (χ0v) is 11.8. The Morgan fingerprint density at radius 2 is 1.86 bits per heavy atom. The number of hydrogen-bond donors (Lipinski definition) is 2. The number of hydrogen-bond acceptors (Lipinski definition) is 4. The zero-order chi connectivity index (χ0) is 15.4. The van der Waals surface area contributed by atoms with E-state index in [2.05, 4.69) is 20.6 Å². The summed E-state index contributed by atoms with van der Waals surface area (Å²) in [6.07, 6.45) is 2.16. The number of benzene rings is 1. The van der Waals surface area contributed by atoms with Gasteiger partial charge in [-0.15, -0.1) is 0 Å². The number of halogens is 4. The van der Waals surface area contributed by atoms with Crippen molar-refractivity contribution in [2.24, 2.45) is 0 Å². The van der Waals surface area contributed by atoms with Crippen molar-refractivity contribution in [1.82, 2.24) is 9.97 Å². The van der Waals surface area contributed by atoms with Gasteiger partial charge in [-0.1, -0.05) is 18.5 Å². The molecule has 0 amide bonds. The van der Waals surface area contributed by atoms with Crippen LogP contribution in [0.4, 0.5) is 30.6 Å². The maximum absolute atomic E-state index is 13.6. The van der Waals surface area contributed by atoms with E-state index in [0.717, 1.165) is 6.42 Å². The second-order valence-corrected chi connectivity index (χ2v) is 4.59. The topological polar surface area (TPSA) is 49.8 Å². The van der Waals surface area contributed by atoms with E-state index in [4.69, 9.17) is 11.6 Å². The molecule has 2 rings (SSSR count). The first-order valence-corrected chi connectivity index (χ1v) is 6.57. The van der Waals surface area contributed by atoms with Gasteiger partial charge in [-0.05, 0) is 6.42 Å². The summed E-state index contributed by atoms with van der Waals surface area (Å²) in [7, 11) is 0. The van der Waals surface area contributed by atoms with Crippen LogP contribution in [0.25, 0.3) is 0 Å². The van der Waals surface area contributed by atoms with Crippen LogP contribution in [-0.4, -0.2) is 16.5 Å². The van der Waals surface area contributed by atoms with E-state index >= 15 is 0 Å².